The van der Waals surface area contributed by atoms with E-state index in [0.717, 1.165) is 36.1 Å². The average Bonchev–Trinajstić information content (AvgIpc) is 2.76. The molecule has 0 aromatic heterocycles. The molecular formula is C19H19FO2. The highest BCUT2D eigenvalue weighted by Crippen LogP contribution is 2.33. The highest BCUT2D eigenvalue weighted by Gasteiger charge is 2.14. The lowest BCUT2D eigenvalue weighted by Crippen LogP contribution is -1.92. The minimum atomic E-state index is -0.205. The van der Waals surface area contributed by atoms with Gasteiger partial charge in [-0.05, 0) is 66.3 Å². The van der Waals surface area contributed by atoms with Gasteiger partial charge in [0.2, 0.25) is 0 Å². The maximum atomic E-state index is 14.2. The van der Waals surface area contributed by atoms with Crippen molar-refractivity contribution >= 4 is 11.6 Å². The fourth-order valence-corrected chi connectivity index (χ4v) is 2.89. The maximum absolute atomic E-state index is 14.2. The largest absolute Gasteiger partial charge is 0.497 e. The van der Waals surface area contributed by atoms with E-state index in [9.17, 15) is 4.39 Å². The van der Waals surface area contributed by atoms with Crippen molar-refractivity contribution in [2.75, 3.05) is 14.2 Å². The predicted molar refractivity (Wildman–Crippen MR) is 86.8 cm³/mol. The third-order valence-corrected chi connectivity index (χ3v) is 4.09. The van der Waals surface area contributed by atoms with E-state index in [0.29, 0.717) is 11.3 Å². The summed E-state index contributed by atoms with van der Waals surface area (Å²) in [7, 11) is 3.27. The molecule has 0 atom stereocenters. The normalized spacial score (nSPS) is 13.9. The Morgan fingerprint density at radius 3 is 2.41 bits per heavy atom. The lowest BCUT2D eigenvalue weighted by molar-refractivity contribution is 0.413. The van der Waals surface area contributed by atoms with Gasteiger partial charge in [-0.15, -0.1) is 0 Å². The van der Waals surface area contributed by atoms with Crippen molar-refractivity contribution < 1.29 is 13.9 Å². The highest BCUT2D eigenvalue weighted by molar-refractivity contribution is 5.83. The summed E-state index contributed by atoms with van der Waals surface area (Å²) in [6, 6.07) is 10.9. The molecule has 0 radical (unpaired) electrons. The van der Waals surface area contributed by atoms with Gasteiger partial charge in [0.05, 0.1) is 14.2 Å². The van der Waals surface area contributed by atoms with E-state index in [4.69, 9.17) is 9.47 Å². The Balaban J connectivity index is 2.05. The van der Waals surface area contributed by atoms with Gasteiger partial charge in [0.15, 0.2) is 0 Å². The number of rotatable bonds is 3. The zero-order valence-electron chi connectivity index (χ0n) is 12.9. The Morgan fingerprint density at radius 1 is 0.909 bits per heavy atom. The van der Waals surface area contributed by atoms with Crippen LogP contribution in [0.4, 0.5) is 4.39 Å². The molecule has 0 saturated carbocycles. The number of hydrogen-bond acceptors (Lipinski definition) is 2. The minimum Gasteiger partial charge on any atom is -0.497 e. The molecule has 0 unspecified atom stereocenters. The average molecular weight is 298 g/mol. The summed E-state index contributed by atoms with van der Waals surface area (Å²) in [5, 5.41) is 0. The summed E-state index contributed by atoms with van der Waals surface area (Å²) in [5.41, 5.74) is 4.02. The van der Waals surface area contributed by atoms with E-state index < -0.39 is 0 Å². The number of aryl methyl sites for hydroxylation is 1. The number of fused-ring (bicyclic) bond motifs is 1. The van der Waals surface area contributed by atoms with Crippen LogP contribution in [0.25, 0.3) is 11.6 Å². The highest BCUT2D eigenvalue weighted by atomic mass is 19.1. The van der Waals surface area contributed by atoms with Crippen molar-refractivity contribution in [3.63, 3.8) is 0 Å². The van der Waals surface area contributed by atoms with Gasteiger partial charge >= 0.3 is 0 Å². The number of methoxy groups -OCH3 is 2. The summed E-state index contributed by atoms with van der Waals surface area (Å²) in [4.78, 5) is 0. The van der Waals surface area contributed by atoms with Crippen molar-refractivity contribution in [1.29, 1.82) is 0 Å². The first kappa shape index (κ1) is 14.6. The lowest BCUT2D eigenvalue weighted by Gasteiger charge is -2.09. The molecule has 0 saturated heterocycles. The molecule has 0 N–H and O–H groups in total. The number of allylic oxidation sites excluding steroid dienone is 1. The molecule has 22 heavy (non-hydrogen) atoms. The van der Waals surface area contributed by atoms with Gasteiger partial charge in [-0.2, -0.15) is 0 Å². The third-order valence-electron chi connectivity index (χ3n) is 4.09. The van der Waals surface area contributed by atoms with E-state index in [-0.39, 0.29) is 5.82 Å². The fourth-order valence-electron chi connectivity index (χ4n) is 2.89. The standard InChI is InChI=1S/C19H19FO2/c1-21-16-7-6-14-10-15(5-3-4-13(14)11-16)18-12-17(22-2)8-9-19(18)20/h6-12H,3-5H2,1-2H3. The minimum absolute atomic E-state index is 0.205. The second-order valence-corrected chi connectivity index (χ2v) is 5.43. The summed E-state index contributed by atoms with van der Waals surface area (Å²) < 4.78 is 24.7. The van der Waals surface area contributed by atoms with Crippen LogP contribution in [0.3, 0.4) is 0 Å². The van der Waals surface area contributed by atoms with E-state index in [2.05, 4.69) is 12.1 Å². The van der Waals surface area contributed by atoms with Crippen molar-refractivity contribution in [1.82, 2.24) is 0 Å². The SMILES string of the molecule is COc1ccc2c(c1)CCCC(c1cc(OC)ccc1F)=C2. The van der Waals surface area contributed by atoms with Crippen molar-refractivity contribution in [3.05, 3.63) is 58.9 Å². The van der Waals surface area contributed by atoms with Gasteiger partial charge in [-0.25, -0.2) is 4.39 Å². The fraction of sp³-hybridized carbons (Fsp3) is 0.263. The number of ether oxygens (including phenoxy) is 2. The van der Waals surface area contributed by atoms with Crippen LogP contribution >= 0.6 is 0 Å². The quantitative estimate of drug-likeness (QED) is 0.816. The van der Waals surface area contributed by atoms with Gasteiger partial charge in [0.1, 0.15) is 17.3 Å². The molecule has 2 nitrogen and oxygen atoms in total. The maximum Gasteiger partial charge on any atom is 0.130 e. The molecule has 0 spiro atoms. The second-order valence-electron chi connectivity index (χ2n) is 5.43. The topological polar surface area (TPSA) is 18.5 Å². The van der Waals surface area contributed by atoms with E-state index >= 15 is 0 Å². The van der Waals surface area contributed by atoms with Crippen LogP contribution in [0.2, 0.25) is 0 Å². The van der Waals surface area contributed by atoms with Crippen LogP contribution in [0.1, 0.15) is 29.5 Å². The number of benzene rings is 2. The number of hydrogen-bond donors (Lipinski definition) is 0. The van der Waals surface area contributed by atoms with Crippen LogP contribution in [0.15, 0.2) is 36.4 Å². The Labute approximate surface area is 130 Å². The van der Waals surface area contributed by atoms with E-state index in [1.54, 1.807) is 26.4 Å². The van der Waals surface area contributed by atoms with Crippen molar-refractivity contribution in [2.24, 2.45) is 0 Å². The Bertz CT molecular complexity index is 719. The molecule has 0 aliphatic heterocycles. The zero-order chi connectivity index (χ0) is 15.5. The summed E-state index contributed by atoms with van der Waals surface area (Å²) in [6.45, 7) is 0. The van der Waals surface area contributed by atoms with Crippen LogP contribution in [-0.4, -0.2) is 14.2 Å². The molecule has 0 fully saturated rings. The molecule has 0 heterocycles. The molecule has 2 aromatic rings. The van der Waals surface area contributed by atoms with Crippen molar-refractivity contribution in [3.8, 4) is 11.5 Å². The summed E-state index contributed by atoms with van der Waals surface area (Å²) in [5.74, 6) is 1.34. The molecule has 114 valence electrons. The van der Waals surface area contributed by atoms with Crippen molar-refractivity contribution in [2.45, 2.75) is 19.3 Å². The Hall–Kier alpha value is -2.29. The van der Waals surface area contributed by atoms with E-state index in [1.807, 2.05) is 12.1 Å². The Morgan fingerprint density at radius 2 is 1.64 bits per heavy atom. The van der Waals surface area contributed by atoms with E-state index in [1.165, 1.54) is 11.6 Å². The molecule has 1 aliphatic carbocycles. The Kier molecular flexibility index (Phi) is 4.14. The molecular weight excluding hydrogens is 279 g/mol. The first-order valence-corrected chi connectivity index (χ1v) is 7.42. The van der Waals surface area contributed by atoms with Crippen LogP contribution in [0, 0.1) is 5.82 Å². The van der Waals surface area contributed by atoms with Crippen LogP contribution < -0.4 is 9.47 Å². The monoisotopic (exact) mass is 298 g/mol. The number of halogens is 1. The summed E-state index contributed by atoms with van der Waals surface area (Å²) >= 11 is 0. The third kappa shape index (κ3) is 2.84. The van der Waals surface area contributed by atoms with Crippen LogP contribution in [0.5, 0.6) is 11.5 Å². The predicted octanol–water partition coefficient (Wildman–Crippen LogP) is 4.72. The van der Waals surface area contributed by atoms with Gasteiger partial charge in [-0.1, -0.05) is 12.1 Å². The first-order valence-electron chi connectivity index (χ1n) is 7.42. The molecule has 3 heteroatoms. The summed E-state index contributed by atoms with van der Waals surface area (Å²) in [6.07, 6.45) is 4.89. The molecule has 3 rings (SSSR count). The second kappa shape index (κ2) is 6.22. The lowest BCUT2D eigenvalue weighted by atomic mass is 9.99. The first-order chi connectivity index (χ1) is 10.7. The van der Waals surface area contributed by atoms with Gasteiger partial charge in [0, 0.05) is 5.56 Å². The van der Waals surface area contributed by atoms with Gasteiger partial charge in [0.25, 0.3) is 0 Å². The van der Waals surface area contributed by atoms with Gasteiger partial charge in [-0.3, -0.25) is 0 Å². The zero-order valence-corrected chi connectivity index (χ0v) is 12.9. The van der Waals surface area contributed by atoms with Crippen LogP contribution in [-0.2, 0) is 6.42 Å². The van der Waals surface area contributed by atoms with Gasteiger partial charge < -0.3 is 9.47 Å². The molecule has 2 aromatic carbocycles. The molecule has 0 amide bonds. The molecule has 1 aliphatic rings. The molecule has 0 bridgehead atoms. The smallest absolute Gasteiger partial charge is 0.130 e.